The Kier molecular flexibility index (Phi) is 8.41. The van der Waals surface area contributed by atoms with E-state index in [2.05, 4.69) is 9.88 Å². The van der Waals surface area contributed by atoms with Crippen LogP contribution in [0.2, 0.25) is 0 Å². The monoisotopic (exact) mass is 480 g/mol. The Morgan fingerprint density at radius 3 is 2.26 bits per heavy atom. The highest BCUT2D eigenvalue weighted by Crippen LogP contribution is 2.32. The number of carbonyl (C=O) groups is 1. The molecular formula is C25H35F3N4O2. The fourth-order valence-corrected chi connectivity index (χ4v) is 4.86. The van der Waals surface area contributed by atoms with Crippen LogP contribution < -0.4 is 0 Å². The Morgan fingerprint density at radius 1 is 1.06 bits per heavy atom. The molecule has 2 aliphatic rings. The molecule has 9 heteroatoms. The highest BCUT2D eigenvalue weighted by atomic mass is 19.4. The molecule has 0 atom stereocenters. The minimum Gasteiger partial charge on any atom is -0.393 e. The van der Waals surface area contributed by atoms with Crippen LogP contribution in [0, 0.1) is 6.92 Å². The first-order valence-electron chi connectivity index (χ1n) is 12.1. The molecule has 1 N–H and O–H groups in total. The van der Waals surface area contributed by atoms with E-state index in [-0.39, 0.29) is 12.0 Å². The second-order valence-electron chi connectivity index (χ2n) is 8.80. The van der Waals surface area contributed by atoms with Crippen LogP contribution in [0.1, 0.15) is 61.3 Å². The Morgan fingerprint density at radius 2 is 1.68 bits per heavy atom. The molecule has 6 nitrogen and oxygen atoms in total. The van der Waals surface area contributed by atoms with Crippen molar-refractivity contribution in [2.24, 2.45) is 7.05 Å². The summed E-state index contributed by atoms with van der Waals surface area (Å²) in [5.74, 6) is 0.210. The molecule has 1 aromatic heterocycles. The van der Waals surface area contributed by atoms with E-state index in [1.165, 1.54) is 6.07 Å². The summed E-state index contributed by atoms with van der Waals surface area (Å²) in [5, 5.41) is 9.71. The maximum atomic E-state index is 13.3. The topological polar surface area (TPSA) is 61.6 Å². The Hall–Kier alpha value is -2.39. The van der Waals surface area contributed by atoms with Crippen molar-refractivity contribution in [3.05, 3.63) is 41.2 Å². The van der Waals surface area contributed by atoms with Gasteiger partial charge >= 0.3 is 6.18 Å². The quantitative estimate of drug-likeness (QED) is 0.703. The lowest BCUT2D eigenvalue weighted by atomic mass is 9.98. The van der Waals surface area contributed by atoms with Gasteiger partial charge in [0.25, 0.3) is 5.91 Å². The molecule has 0 bridgehead atoms. The predicted octanol–water partition coefficient (Wildman–Crippen LogP) is 4.50. The minimum absolute atomic E-state index is 0.136. The van der Waals surface area contributed by atoms with Crippen LogP contribution >= 0.6 is 0 Å². The highest BCUT2D eigenvalue weighted by molar-refractivity contribution is 5.94. The molecule has 2 saturated heterocycles. The van der Waals surface area contributed by atoms with E-state index in [0.29, 0.717) is 41.9 Å². The average molecular weight is 481 g/mol. The SMILES string of the molecule is CC.Cc1nc(-c2cccc(C(F)(F)F)c2)n(C)c1C(=O)N1CCC(N2CCC(O)CC2)CC1. The molecule has 2 aromatic rings. The van der Waals surface area contributed by atoms with Gasteiger partial charge in [-0.3, -0.25) is 4.79 Å². The lowest BCUT2D eigenvalue weighted by Crippen LogP contribution is -2.49. The zero-order valence-corrected chi connectivity index (χ0v) is 20.4. The number of hydrogen-bond acceptors (Lipinski definition) is 4. The molecule has 34 heavy (non-hydrogen) atoms. The van der Waals surface area contributed by atoms with Crippen LogP contribution in [0.3, 0.4) is 0 Å². The van der Waals surface area contributed by atoms with Gasteiger partial charge < -0.3 is 19.5 Å². The van der Waals surface area contributed by atoms with Crippen molar-refractivity contribution in [3.63, 3.8) is 0 Å². The number of aliphatic hydroxyl groups excluding tert-OH is 1. The van der Waals surface area contributed by atoms with Gasteiger partial charge in [0.15, 0.2) is 0 Å². The lowest BCUT2D eigenvalue weighted by Gasteiger charge is -2.41. The number of amides is 1. The van der Waals surface area contributed by atoms with E-state index >= 15 is 0 Å². The van der Waals surface area contributed by atoms with Crippen LogP contribution in [-0.2, 0) is 13.2 Å². The summed E-state index contributed by atoms with van der Waals surface area (Å²) < 4.78 is 41.0. The molecule has 0 saturated carbocycles. The number of hydrogen-bond donors (Lipinski definition) is 1. The van der Waals surface area contributed by atoms with E-state index in [0.717, 1.165) is 50.9 Å². The number of halogens is 3. The number of benzene rings is 1. The van der Waals surface area contributed by atoms with E-state index in [1.54, 1.807) is 24.6 Å². The van der Waals surface area contributed by atoms with Gasteiger partial charge in [0.05, 0.1) is 17.4 Å². The van der Waals surface area contributed by atoms with Crippen LogP contribution in [0.15, 0.2) is 24.3 Å². The number of aryl methyl sites for hydroxylation is 1. The maximum Gasteiger partial charge on any atom is 0.416 e. The molecule has 0 spiro atoms. The van der Waals surface area contributed by atoms with Gasteiger partial charge in [-0.2, -0.15) is 13.2 Å². The van der Waals surface area contributed by atoms with Gasteiger partial charge in [-0.05, 0) is 44.7 Å². The number of imidazole rings is 1. The summed E-state index contributed by atoms with van der Waals surface area (Å²) >= 11 is 0. The van der Waals surface area contributed by atoms with E-state index in [4.69, 9.17) is 0 Å². The summed E-state index contributed by atoms with van der Waals surface area (Å²) in [6, 6.07) is 5.44. The average Bonchev–Trinajstić information content (AvgIpc) is 3.14. The molecular weight excluding hydrogens is 445 g/mol. The van der Waals surface area contributed by atoms with Gasteiger partial charge in [-0.25, -0.2) is 4.98 Å². The van der Waals surface area contributed by atoms with Gasteiger partial charge in [0.2, 0.25) is 0 Å². The Bertz CT molecular complexity index is 973. The molecule has 2 fully saturated rings. The smallest absolute Gasteiger partial charge is 0.393 e. The first-order valence-corrected chi connectivity index (χ1v) is 12.1. The summed E-state index contributed by atoms with van der Waals surface area (Å²) in [7, 11) is 1.68. The normalized spacial score (nSPS) is 18.5. The molecule has 2 aliphatic heterocycles. The summed E-state index contributed by atoms with van der Waals surface area (Å²) in [4.78, 5) is 21.9. The summed E-state index contributed by atoms with van der Waals surface area (Å²) in [6.07, 6.45) is -1.30. The van der Waals surface area contributed by atoms with Crippen LogP contribution in [0.5, 0.6) is 0 Å². The van der Waals surface area contributed by atoms with Crippen molar-refractivity contribution >= 4 is 5.91 Å². The number of alkyl halides is 3. The number of likely N-dealkylation sites (tertiary alicyclic amines) is 2. The van der Waals surface area contributed by atoms with E-state index in [1.807, 2.05) is 18.7 Å². The van der Waals surface area contributed by atoms with Crippen molar-refractivity contribution in [2.45, 2.75) is 64.8 Å². The molecule has 188 valence electrons. The van der Waals surface area contributed by atoms with Crippen LogP contribution in [0.4, 0.5) is 13.2 Å². The Labute approximate surface area is 199 Å². The first kappa shape index (κ1) is 26.2. The number of piperidine rings is 2. The summed E-state index contributed by atoms with van der Waals surface area (Å²) in [5.41, 5.74) is 0.514. The van der Waals surface area contributed by atoms with Gasteiger partial charge in [0, 0.05) is 44.8 Å². The van der Waals surface area contributed by atoms with Crippen LogP contribution in [-0.4, -0.2) is 68.7 Å². The van der Waals surface area contributed by atoms with Crippen molar-refractivity contribution in [1.82, 2.24) is 19.4 Å². The highest BCUT2D eigenvalue weighted by Gasteiger charge is 2.33. The third-order valence-corrected chi connectivity index (χ3v) is 6.69. The second kappa shape index (κ2) is 10.9. The molecule has 4 rings (SSSR count). The third-order valence-electron chi connectivity index (χ3n) is 6.69. The maximum absolute atomic E-state index is 13.3. The molecule has 1 amide bonds. The zero-order valence-electron chi connectivity index (χ0n) is 20.4. The Balaban J connectivity index is 0.00000158. The fraction of sp³-hybridized carbons (Fsp3) is 0.600. The largest absolute Gasteiger partial charge is 0.416 e. The minimum atomic E-state index is -4.44. The number of nitrogens with zero attached hydrogens (tertiary/aromatic N) is 4. The molecule has 1 aromatic carbocycles. The number of aliphatic hydroxyl groups is 1. The second-order valence-corrected chi connectivity index (χ2v) is 8.80. The summed E-state index contributed by atoms with van der Waals surface area (Å²) in [6.45, 7) is 8.76. The number of rotatable bonds is 3. The van der Waals surface area contributed by atoms with E-state index < -0.39 is 11.7 Å². The van der Waals surface area contributed by atoms with Gasteiger partial charge in [-0.1, -0.05) is 26.0 Å². The number of aromatic nitrogens is 2. The third kappa shape index (κ3) is 5.63. The first-order chi connectivity index (χ1) is 16.1. The predicted molar refractivity (Wildman–Crippen MR) is 125 cm³/mol. The lowest BCUT2D eigenvalue weighted by molar-refractivity contribution is -0.137. The fourth-order valence-electron chi connectivity index (χ4n) is 4.86. The van der Waals surface area contributed by atoms with Crippen LogP contribution in [0.25, 0.3) is 11.4 Å². The molecule has 0 radical (unpaired) electrons. The van der Waals surface area contributed by atoms with Crippen molar-refractivity contribution in [1.29, 1.82) is 0 Å². The molecule has 0 aliphatic carbocycles. The van der Waals surface area contributed by atoms with Gasteiger partial charge in [0.1, 0.15) is 11.5 Å². The molecule has 0 unspecified atom stereocenters. The van der Waals surface area contributed by atoms with Crippen molar-refractivity contribution in [2.75, 3.05) is 26.2 Å². The van der Waals surface area contributed by atoms with Crippen molar-refractivity contribution < 1.29 is 23.1 Å². The van der Waals surface area contributed by atoms with Gasteiger partial charge in [-0.15, -0.1) is 0 Å². The van der Waals surface area contributed by atoms with E-state index in [9.17, 15) is 23.1 Å². The van der Waals surface area contributed by atoms with Crippen molar-refractivity contribution in [3.8, 4) is 11.4 Å². The zero-order chi connectivity index (χ0) is 25.0. The molecule has 3 heterocycles. The number of carbonyl (C=O) groups excluding carboxylic acids is 1. The standard InChI is InChI=1S/C23H29F3N4O2.C2H6/c1-15-20(28(2)21(27-15)16-4-3-5-17(14-16)23(24,25)26)22(32)30-10-6-18(7-11-30)29-12-8-19(31)9-13-29;1-2/h3-5,14,18-19,31H,6-13H2,1-2H3;1-2H3.